The van der Waals surface area contributed by atoms with Gasteiger partial charge in [0.15, 0.2) is 0 Å². The van der Waals surface area contributed by atoms with E-state index >= 15 is 0 Å². The van der Waals surface area contributed by atoms with Crippen LogP contribution in [0, 0.1) is 5.92 Å². The Kier molecular flexibility index (Phi) is 4.59. The van der Waals surface area contributed by atoms with Crippen LogP contribution in [0.25, 0.3) is 0 Å². The van der Waals surface area contributed by atoms with Crippen LogP contribution in [0.1, 0.15) is 46.5 Å². The molecule has 2 N–H and O–H groups in total. The standard InChI is InChI=1S/C12H23NO3/c1-4-16-11(15)13-12(7-9(2)3)6-5-10(14)8-12/h9-10,14H,4-8H2,1-3H3,(H,13,15). The lowest BCUT2D eigenvalue weighted by Gasteiger charge is -2.31. The molecule has 0 aliphatic heterocycles. The minimum absolute atomic E-state index is 0.264. The number of amides is 1. The summed E-state index contributed by atoms with van der Waals surface area (Å²) < 4.78 is 4.91. The molecule has 0 spiro atoms. The monoisotopic (exact) mass is 229 g/mol. The van der Waals surface area contributed by atoms with Crippen LogP contribution in [0.2, 0.25) is 0 Å². The first kappa shape index (κ1) is 13.3. The van der Waals surface area contributed by atoms with Crippen molar-refractivity contribution >= 4 is 6.09 Å². The van der Waals surface area contributed by atoms with E-state index in [-0.39, 0.29) is 17.7 Å². The number of hydrogen-bond acceptors (Lipinski definition) is 3. The number of nitrogens with one attached hydrogen (secondary N) is 1. The van der Waals surface area contributed by atoms with E-state index in [4.69, 9.17) is 4.74 Å². The van der Waals surface area contributed by atoms with Crippen molar-refractivity contribution in [2.45, 2.75) is 58.1 Å². The zero-order valence-corrected chi connectivity index (χ0v) is 10.5. The van der Waals surface area contributed by atoms with Crippen molar-refractivity contribution in [3.8, 4) is 0 Å². The lowest BCUT2D eigenvalue weighted by Crippen LogP contribution is -2.48. The molecule has 0 radical (unpaired) electrons. The van der Waals surface area contributed by atoms with Gasteiger partial charge in [0.1, 0.15) is 0 Å². The molecule has 16 heavy (non-hydrogen) atoms. The Labute approximate surface area is 97.4 Å². The van der Waals surface area contributed by atoms with Crippen LogP contribution in [0.3, 0.4) is 0 Å². The number of aliphatic hydroxyl groups is 1. The van der Waals surface area contributed by atoms with Gasteiger partial charge in [0.25, 0.3) is 0 Å². The van der Waals surface area contributed by atoms with Crippen LogP contribution in [0.4, 0.5) is 4.79 Å². The summed E-state index contributed by atoms with van der Waals surface area (Å²) in [4.78, 5) is 11.5. The third kappa shape index (κ3) is 3.67. The molecule has 1 saturated carbocycles. The molecule has 0 aromatic rings. The van der Waals surface area contributed by atoms with Gasteiger partial charge in [-0.15, -0.1) is 0 Å². The highest BCUT2D eigenvalue weighted by Gasteiger charge is 2.40. The zero-order chi connectivity index (χ0) is 12.2. The van der Waals surface area contributed by atoms with Crippen LogP contribution in [-0.2, 0) is 4.74 Å². The molecule has 94 valence electrons. The predicted octanol–water partition coefficient (Wildman–Crippen LogP) is 2.06. The molecule has 1 amide bonds. The van der Waals surface area contributed by atoms with Crippen molar-refractivity contribution in [2.75, 3.05) is 6.61 Å². The molecule has 0 aromatic carbocycles. The van der Waals surface area contributed by atoms with Crippen LogP contribution in [0.15, 0.2) is 0 Å². The normalized spacial score (nSPS) is 29.4. The summed E-state index contributed by atoms with van der Waals surface area (Å²) in [5.74, 6) is 0.493. The fourth-order valence-electron chi connectivity index (χ4n) is 2.61. The maximum Gasteiger partial charge on any atom is 0.407 e. The summed E-state index contributed by atoms with van der Waals surface area (Å²) in [7, 11) is 0. The van der Waals surface area contributed by atoms with E-state index in [0.29, 0.717) is 18.9 Å². The zero-order valence-electron chi connectivity index (χ0n) is 10.5. The van der Waals surface area contributed by atoms with Gasteiger partial charge in [-0.3, -0.25) is 0 Å². The second-order valence-electron chi connectivity index (χ2n) is 5.12. The number of carbonyl (C=O) groups excluding carboxylic acids is 1. The topological polar surface area (TPSA) is 58.6 Å². The first-order valence-corrected chi connectivity index (χ1v) is 6.10. The number of ether oxygens (including phenoxy) is 1. The molecule has 0 heterocycles. The van der Waals surface area contributed by atoms with E-state index in [1.54, 1.807) is 6.92 Å². The molecule has 4 heteroatoms. The summed E-state index contributed by atoms with van der Waals surface area (Å²) >= 11 is 0. The smallest absolute Gasteiger partial charge is 0.407 e. The van der Waals surface area contributed by atoms with E-state index in [1.165, 1.54) is 0 Å². The van der Waals surface area contributed by atoms with Crippen molar-refractivity contribution in [3.63, 3.8) is 0 Å². The Balaban J connectivity index is 2.61. The van der Waals surface area contributed by atoms with Crippen LogP contribution >= 0.6 is 0 Å². The number of alkyl carbamates (subject to hydrolysis) is 1. The van der Waals surface area contributed by atoms with Crippen LogP contribution < -0.4 is 5.32 Å². The SMILES string of the molecule is CCOC(=O)NC1(CC(C)C)CCC(O)C1. The summed E-state index contributed by atoms with van der Waals surface area (Å²) in [6.07, 6.45) is 2.48. The van der Waals surface area contributed by atoms with Gasteiger partial charge in [0.2, 0.25) is 0 Å². The van der Waals surface area contributed by atoms with Gasteiger partial charge in [0, 0.05) is 5.54 Å². The van der Waals surface area contributed by atoms with E-state index in [9.17, 15) is 9.90 Å². The minimum Gasteiger partial charge on any atom is -0.450 e. The third-order valence-corrected chi connectivity index (χ3v) is 3.02. The molecule has 0 aromatic heterocycles. The maximum atomic E-state index is 11.5. The Morgan fingerprint density at radius 3 is 2.75 bits per heavy atom. The highest BCUT2D eigenvalue weighted by Crippen LogP contribution is 2.35. The number of carbonyl (C=O) groups is 1. The van der Waals surface area contributed by atoms with Gasteiger partial charge >= 0.3 is 6.09 Å². The van der Waals surface area contributed by atoms with E-state index in [1.807, 2.05) is 0 Å². The number of aliphatic hydroxyl groups excluding tert-OH is 1. The number of hydrogen-bond donors (Lipinski definition) is 2. The van der Waals surface area contributed by atoms with Crippen LogP contribution in [-0.4, -0.2) is 29.4 Å². The Morgan fingerprint density at radius 2 is 2.31 bits per heavy atom. The fraction of sp³-hybridized carbons (Fsp3) is 0.917. The fourth-order valence-corrected chi connectivity index (χ4v) is 2.61. The van der Waals surface area contributed by atoms with Crippen molar-refractivity contribution in [3.05, 3.63) is 0 Å². The van der Waals surface area contributed by atoms with Crippen molar-refractivity contribution in [1.29, 1.82) is 0 Å². The molecule has 1 aliphatic rings. The van der Waals surface area contributed by atoms with Gasteiger partial charge in [0.05, 0.1) is 12.7 Å². The minimum atomic E-state index is -0.364. The summed E-state index contributed by atoms with van der Waals surface area (Å²) in [5, 5.41) is 12.6. The van der Waals surface area contributed by atoms with Gasteiger partial charge in [-0.1, -0.05) is 13.8 Å². The molecule has 4 nitrogen and oxygen atoms in total. The maximum absolute atomic E-state index is 11.5. The highest BCUT2D eigenvalue weighted by molar-refractivity contribution is 5.68. The van der Waals surface area contributed by atoms with Gasteiger partial charge in [-0.05, 0) is 38.5 Å². The lowest BCUT2D eigenvalue weighted by molar-refractivity contribution is 0.125. The molecule has 1 aliphatic carbocycles. The van der Waals surface area contributed by atoms with Crippen LogP contribution in [0.5, 0.6) is 0 Å². The molecule has 0 saturated heterocycles. The van der Waals surface area contributed by atoms with Crippen molar-refractivity contribution in [2.24, 2.45) is 5.92 Å². The van der Waals surface area contributed by atoms with Gasteiger partial charge in [-0.25, -0.2) is 4.79 Å². The molecular formula is C12H23NO3. The van der Waals surface area contributed by atoms with Gasteiger partial charge < -0.3 is 15.2 Å². The summed E-state index contributed by atoms with van der Waals surface area (Å²) in [6.45, 7) is 6.42. The first-order valence-electron chi connectivity index (χ1n) is 6.10. The molecular weight excluding hydrogens is 206 g/mol. The first-order chi connectivity index (χ1) is 7.47. The average Bonchev–Trinajstić information content (AvgIpc) is 2.46. The Bertz CT molecular complexity index is 242. The second kappa shape index (κ2) is 5.53. The van der Waals surface area contributed by atoms with Gasteiger partial charge in [-0.2, -0.15) is 0 Å². The highest BCUT2D eigenvalue weighted by atomic mass is 16.5. The summed E-state index contributed by atoms with van der Waals surface area (Å²) in [5.41, 5.74) is -0.264. The molecule has 1 fully saturated rings. The largest absolute Gasteiger partial charge is 0.450 e. The average molecular weight is 229 g/mol. The molecule has 2 atom stereocenters. The third-order valence-electron chi connectivity index (χ3n) is 3.02. The lowest BCUT2D eigenvalue weighted by atomic mass is 9.87. The Hall–Kier alpha value is -0.770. The molecule has 1 rings (SSSR count). The van der Waals surface area contributed by atoms with Crippen molar-refractivity contribution in [1.82, 2.24) is 5.32 Å². The predicted molar refractivity (Wildman–Crippen MR) is 62.2 cm³/mol. The summed E-state index contributed by atoms with van der Waals surface area (Å²) in [6, 6.07) is 0. The van der Waals surface area contributed by atoms with E-state index < -0.39 is 0 Å². The second-order valence-corrected chi connectivity index (χ2v) is 5.12. The van der Waals surface area contributed by atoms with Crippen molar-refractivity contribution < 1.29 is 14.6 Å². The molecule has 0 bridgehead atoms. The van der Waals surface area contributed by atoms with E-state index in [0.717, 1.165) is 19.3 Å². The number of rotatable bonds is 4. The Morgan fingerprint density at radius 1 is 1.62 bits per heavy atom. The molecule has 2 unspecified atom stereocenters. The van der Waals surface area contributed by atoms with E-state index in [2.05, 4.69) is 19.2 Å². The quantitative estimate of drug-likeness (QED) is 0.775.